The third kappa shape index (κ3) is 4.55. The van der Waals surface area contributed by atoms with Crippen LogP contribution >= 0.6 is 15.9 Å². The maximum Gasteiger partial charge on any atom is 0.255 e. The first kappa shape index (κ1) is 15.5. The highest BCUT2D eigenvalue weighted by atomic mass is 79.9. The fourth-order valence-electron chi connectivity index (χ4n) is 1.71. The molecule has 0 fully saturated rings. The van der Waals surface area contributed by atoms with Gasteiger partial charge in [0, 0.05) is 16.4 Å². The maximum absolute atomic E-state index is 12.2. The minimum Gasteiger partial charge on any atom is -0.496 e. The topological polar surface area (TPSA) is 81.4 Å². The minimum absolute atomic E-state index is 0.0670. The largest absolute Gasteiger partial charge is 0.496 e. The zero-order valence-corrected chi connectivity index (χ0v) is 12.7. The SMILES string of the molecule is COc1cc(Br)ccc1C(=O)NC(C)(C)CC(N)=O. The molecule has 2 amide bonds. The van der Waals surface area contributed by atoms with Gasteiger partial charge in [-0.1, -0.05) is 15.9 Å². The van der Waals surface area contributed by atoms with E-state index in [1.54, 1.807) is 32.0 Å². The van der Waals surface area contributed by atoms with Gasteiger partial charge in [-0.2, -0.15) is 0 Å². The molecule has 1 rings (SSSR count). The molecule has 0 radical (unpaired) electrons. The second kappa shape index (κ2) is 6.06. The van der Waals surface area contributed by atoms with E-state index in [4.69, 9.17) is 10.5 Å². The van der Waals surface area contributed by atoms with Gasteiger partial charge in [0.15, 0.2) is 0 Å². The van der Waals surface area contributed by atoms with Crippen LogP contribution in [-0.4, -0.2) is 24.5 Å². The Morgan fingerprint density at radius 1 is 1.42 bits per heavy atom. The normalized spacial score (nSPS) is 10.9. The summed E-state index contributed by atoms with van der Waals surface area (Å²) in [7, 11) is 1.49. The zero-order valence-electron chi connectivity index (χ0n) is 11.1. The summed E-state index contributed by atoms with van der Waals surface area (Å²) >= 11 is 3.31. The second-order valence-electron chi connectivity index (χ2n) is 4.83. The van der Waals surface area contributed by atoms with Crippen molar-refractivity contribution in [2.24, 2.45) is 5.73 Å². The Balaban J connectivity index is 2.92. The Labute approximate surface area is 120 Å². The standard InChI is InChI=1S/C13H17BrN2O3/c1-13(2,7-11(15)17)16-12(18)9-5-4-8(14)6-10(9)19-3/h4-6H,7H2,1-3H3,(H2,15,17)(H,16,18). The number of halogens is 1. The van der Waals surface area contributed by atoms with Crippen LogP contribution in [0.5, 0.6) is 5.75 Å². The monoisotopic (exact) mass is 328 g/mol. The average molecular weight is 329 g/mol. The molecular weight excluding hydrogens is 312 g/mol. The van der Waals surface area contributed by atoms with Gasteiger partial charge in [0.1, 0.15) is 5.75 Å². The highest BCUT2D eigenvalue weighted by Gasteiger charge is 2.24. The first-order chi connectivity index (χ1) is 8.75. The fraction of sp³-hybridized carbons (Fsp3) is 0.385. The van der Waals surface area contributed by atoms with Crippen molar-refractivity contribution >= 4 is 27.7 Å². The lowest BCUT2D eigenvalue weighted by atomic mass is 9.99. The number of carbonyl (C=O) groups excluding carboxylic acids is 2. The predicted octanol–water partition coefficient (Wildman–Crippen LogP) is 1.84. The maximum atomic E-state index is 12.2. The smallest absolute Gasteiger partial charge is 0.255 e. The average Bonchev–Trinajstić information content (AvgIpc) is 2.25. The Morgan fingerprint density at radius 3 is 2.58 bits per heavy atom. The number of rotatable bonds is 5. The van der Waals surface area contributed by atoms with Gasteiger partial charge >= 0.3 is 0 Å². The van der Waals surface area contributed by atoms with Crippen molar-refractivity contribution in [2.75, 3.05) is 7.11 Å². The molecule has 3 N–H and O–H groups in total. The Bertz CT molecular complexity index is 501. The van der Waals surface area contributed by atoms with Gasteiger partial charge in [0.2, 0.25) is 5.91 Å². The molecule has 0 atom stereocenters. The number of benzene rings is 1. The summed E-state index contributed by atoms with van der Waals surface area (Å²) in [5.74, 6) is -0.314. The van der Waals surface area contributed by atoms with Gasteiger partial charge in [-0.25, -0.2) is 0 Å². The summed E-state index contributed by atoms with van der Waals surface area (Å²) in [5, 5.41) is 2.76. The van der Waals surface area contributed by atoms with Crippen LogP contribution in [-0.2, 0) is 4.79 Å². The van der Waals surface area contributed by atoms with Gasteiger partial charge < -0.3 is 15.8 Å². The van der Waals surface area contributed by atoms with E-state index >= 15 is 0 Å². The Kier molecular flexibility index (Phi) is 4.94. The van der Waals surface area contributed by atoms with E-state index in [1.807, 2.05) is 0 Å². The first-order valence-corrected chi connectivity index (χ1v) is 6.49. The van der Waals surface area contributed by atoms with Crippen LogP contribution in [0.3, 0.4) is 0 Å². The summed E-state index contributed by atoms with van der Waals surface area (Å²) in [6, 6.07) is 5.10. The van der Waals surface area contributed by atoms with Crippen molar-refractivity contribution in [1.82, 2.24) is 5.32 Å². The van der Waals surface area contributed by atoms with Crippen LogP contribution in [0.4, 0.5) is 0 Å². The van der Waals surface area contributed by atoms with Crippen molar-refractivity contribution in [3.8, 4) is 5.75 Å². The van der Waals surface area contributed by atoms with Crippen molar-refractivity contribution < 1.29 is 14.3 Å². The summed E-state index contributed by atoms with van der Waals surface area (Å²) < 4.78 is 5.98. The number of nitrogens with two attached hydrogens (primary N) is 1. The number of carbonyl (C=O) groups is 2. The highest BCUT2D eigenvalue weighted by molar-refractivity contribution is 9.10. The molecule has 104 valence electrons. The summed E-state index contributed by atoms with van der Waals surface area (Å²) in [5.41, 5.74) is 4.85. The van der Waals surface area contributed by atoms with Gasteiger partial charge in [0.05, 0.1) is 12.7 Å². The molecule has 0 bridgehead atoms. The molecule has 0 saturated carbocycles. The summed E-state index contributed by atoms with van der Waals surface area (Å²) in [6.45, 7) is 3.47. The Morgan fingerprint density at radius 2 is 2.05 bits per heavy atom. The number of primary amides is 1. The van der Waals surface area contributed by atoms with Crippen molar-refractivity contribution in [1.29, 1.82) is 0 Å². The first-order valence-electron chi connectivity index (χ1n) is 5.69. The fourth-order valence-corrected chi connectivity index (χ4v) is 2.05. The number of hydrogen-bond donors (Lipinski definition) is 2. The van der Waals surface area contributed by atoms with Gasteiger partial charge in [-0.15, -0.1) is 0 Å². The van der Waals surface area contributed by atoms with Crippen molar-refractivity contribution in [3.63, 3.8) is 0 Å². The molecule has 19 heavy (non-hydrogen) atoms. The number of amides is 2. The van der Waals surface area contributed by atoms with Crippen LogP contribution in [0.15, 0.2) is 22.7 Å². The molecular formula is C13H17BrN2O3. The Hall–Kier alpha value is -1.56. The molecule has 0 aromatic heterocycles. The third-order valence-electron chi connectivity index (χ3n) is 2.48. The van der Waals surface area contributed by atoms with Crippen molar-refractivity contribution in [2.45, 2.75) is 25.8 Å². The van der Waals surface area contributed by atoms with Gasteiger partial charge in [-0.05, 0) is 32.0 Å². The molecule has 0 aliphatic rings. The zero-order chi connectivity index (χ0) is 14.6. The molecule has 0 aliphatic carbocycles. The van der Waals surface area contributed by atoms with Crippen LogP contribution in [0, 0.1) is 0 Å². The second-order valence-corrected chi connectivity index (χ2v) is 5.74. The quantitative estimate of drug-likeness (QED) is 0.865. The molecule has 0 spiro atoms. The van der Waals surface area contributed by atoms with E-state index in [-0.39, 0.29) is 12.3 Å². The van der Waals surface area contributed by atoms with Crippen LogP contribution in [0.25, 0.3) is 0 Å². The van der Waals surface area contributed by atoms with Gasteiger partial charge in [0.25, 0.3) is 5.91 Å². The number of methoxy groups -OCH3 is 1. The van der Waals surface area contributed by atoms with E-state index in [9.17, 15) is 9.59 Å². The third-order valence-corrected chi connectivity index (χ3v) is 2.97. The van der Waals surface area contributed by atoms with Gasteiger partial charge in [-0.3, -0.25) is 9.59 Å². The van der Waals surface area contributed by atoms with Crippen LogP contribution in [0.1, 0.15) is 30.6 Å². The number of nitrogens with one attached hydrogen (secondary N) is 1. The summed E-state index contributed by atoms with van der Waals surface area (Å²) in [6.07, 6.45) is 0.0670. The molecule has 5 nitrogen and oxygen atoms in total. The predicted molar refractivity (Wildman–Crippen MR) is 76.1 cm³/mol. The lowest BCUT2D eigenvalue weighted by molar-refractivity contribution is -0.119. The number of hydrogen-bond acceptors (Lipinski definition) is 3. The van der Waals surface area contributed by atoms with E-state index in [1.165, 1.54) is 7.11 Å². The molecule has 1 aromatic carbocycles. The van der Waals surface area contributed by atoms with E-state index in [0.717, 1.165) is 4.47 Å². The molecule has 0 saturated heterocycles. The minimum atomic E-state index is -0.707. The highest BCUT2D eigenvalue weighted by Crippen LogP contribution is 2.24. The molecule has 1 aromatic rings. The molecule has 6 heteroatoms. The number of ether oxygens (including phenoxy) is 1. The molecule has 0 unspecified atom stereocenters. The lowest BCUT2D eigenvalue weighted by Gasteiger charge is -2.25. The van der Waals surface area contributed by atoms with Crippen LogP contribution in [0.2, 0.25) is 0 Å². The van der Waals surface area contributed by atoms with Crippen molar-refractivity contribution in [3.05, 3.63) is 28.2 Å². The molecule has 0 aliphatic heterocycles. The summed E-state index contributed by atoms with van der Waals surface area (Å²) in [4.78, 5) is 23.1. The van der Waals surface area contributed by atoms with E-state index < -0.39 is 11.4 Å². The van der Waals surface area contributed by atoms with E-state index in [0.29, 0.717) is 11.3 Å². The van der Waals surface area contributed by atoms with E-state index in [2.05, 4.69) is 21.2 Å². The van der Waals surface area contributed by atoms with Crippen LogP contribution < -0.4 is 15.8 Å². The molecule has 0 heterocycles. The lowest BCUT2D eigenvalue weighted by Crippen LogP contribution is -2.46.